The molecule has 6 heteroatoms. The van der Waals surface area contributed by atoms with Gasteiger partial charge in [-0.3, -0.25) is 14.3 Å². The van der Waals surface area contributed by atoms with Crippen LogP contribution in [0.15, 0.2) is 6.20 Å². The van der Waals surface area contributed by atoms with Crippen molar-refractivity contribution in [2.45, 2.75) is 59.0 Å². The van der Waals surface area contributed by atoms with Gasteiger partial charge in [0.05, 0.1) is 23.4 Å². The third kappa shape index (κ3) is 3.67. The van der Waals surface area contributed by atoms with Crippen molar-refractivity contribution in [2.75, 3.05) is 0 Å². The average molecular weight is 307 g/mol. The number of rotatable bonds is 6. The molecule has 0 bridgehead atoms. The first-order chi connectivity index (χ1) is 10.4. The smallest absolute Gasteiger partial charge is 0.306 e. The summed E-state index contributed by atoms with van der Waals surface area (Å²) in [6.07, 6.45) is 4.25. The number of carboxylic acid groups (broad SMARTS) is 1. The molecule has 0 saturated heterocycles. The molecule has 1 aliphatic rings. The van der Waals surface area contributed by atoms with Crippen LogP contribution in [0.5, 0.6) is 0 Å². The van der Waals surface area contributed by atoms with E-state index in [0.29, 0.717) is 24.3 Å². The van der Waals surface area contributed by atoms with E-state index >= 15 is 0 Å². The van der Waals surface area contributed by atoms with Crippen molar-refractivity contribution >= 4 is 11.9 Å². The maximum Gasteiger partial charge on any atom is 0.306 e. The predicted octanol–water partition coefficient (Wildman–Crippen LogP) is 2.08. The van der Waals surface area contributed by atoms with Gasteiger partial charge in [0.25, 0.3) is 5.91 Å². The maximum atomic E-state index is 12.4. The van der Waals surface area contributed by atoms with Crippen molar-refractivity contribution in [1.82, 2.24) is 15.1 Å². The monoisotopic (exact) mass is 307 g/mol. The van der Waals surface area contributed by atoms with Gasteiger partial charge >= 0.3 is 5.97 Å². The van der Waals surface area contributed by atoms with Crippen LogP contribution in [0.2, 0.25) is 0 Å². The van der Waals surface area contributed by atoms with Crippen LogP contribution in [0.1, 0.15) is 56.1 Å². The van der Waals surface area contributed by atoms with Gasteiger partial charge in [-0.1, -0.05) is 20.8 Å². The molecule has 0 radical (unpaired) electrons. The van der Waals surface area contributed by atoms with Crippen molar-refractivity contribution < 1.29 is 14.7 Å². The Kier molecular flexibility index (Phi) is 5.21. The number of carbonyl (C=O) groups excluding carboxylic acids is 1. The molecule has 2 rings (SSSR count). The predicted molar refractivity (Wildman–Crippen MR) is 82.7 cm³/mol. The van der Waals surface area contributed by atoms with E-state index in [9.17, 15) is 9.59 Å². The molecule has 22 heavy (non-hydrogen) atoms. The Morgan fingerprint density at radius 3 is 2.73 bits per heavy atom. The highest BCUT2D eigenvalue weighted by Crippen LogP contribution is 2.26. The van der Waals surface area contributed by atoms with Crippen molar-refractivity contribution in [3.05, 3.63) is 17.5 Å². The summed E-state index contributed by atoms with van der Waals surface area (Å²) >= 11 is 0. The lowest BCUT2D eigenvalue weighted by atomic mass is 10.1. The maximum absolute atomic E-state index is 12.4. The molecular formula is C16H25N3O3. The van der Waals surface area contributed by atoms with Crippen LogP contribution < -0.4 is 5.32 Å². The molecule has 1 fully saturated rings. The molecule has 1 amide bonds. The van der Waals surface area contributed by atoms with Gasteiger partial charge in [0, 0.05) is 12.6 Å². The first-order valence-electron chi connectivity index (χ1n) is 8.00. The topological polar surface area (TPSA) is 84.2 Å². The zero-order valence-corrected chi connectivity index (χ0v) is 13.5. The molecule has 6 nitrogen and oxygen atoms in total. The molecule has 1 aliphatic carbocycles. The van der Waals surface area contributed by atoms with Crippen molar-refractivity contribution in [1.29, 1.82) is 0 Å². The Morgan fingerprint density at radius 2 is 2.18 bits per heavy atom. The van der Waals surface area contributed by atoms with E-state index in [1.807, 2.05) is 11.6 Å². The number of hydrogen-bond donors (Lipinski definition) is 2. The fourth-order valence-corrected chi connectivity index (χ4v) is 3.08. The Balaban J connectivity index is 2.04. The number of aromatic nitrogens is 2. The van der Waals surface area contributed by atoms with Gasteiger partial charge in [-0.2, -0.15) is 5.10 Å². The summed E-state index contributed by atoms with van der Waals surface area (Å²) in [5.74, 6) is -0.773. The van der Waals surface area contributed by atoms with E-state index in [-0.39, 0.29) is 17.9 Å². The molecule has 1 heterocycles. The van der Waals surface area contributed by atoms with E-state index in [0.717, 1.165) is 25.1 Å². The van der Waals surface area contributed by atoms with E-state index in [4.69, 9.17) is 5.11 Å². The van der Waals surface area contributed by atoms with Crippen molar-refractivity contribution in [3.8, 4) is 0 Å². The lowest BCUT2D eigenvalue weighted by Crippen LogP contribution is -2.33. The molecular weight excluding hydrogens is 282 g/mol. The standard InChI is InChI=1S/C16H25N3O3/c1-4-14-13(8-17-19(14)9-10(2)3)15(20)18-12-6-5-11(7-12)16(21)22/h8,10-12H,4-7,9H2,1-3H3,(H,18,20)(H,21,22)/t11-,12+/m0/s1. The SMILES string of the molecule is CCc1c(C(=O)N[C@@H]2CC[C@H](C(=O)O)C2)cnn1CC(C)C. The molecule has 0 aliphatic heterocycles. The summed E-state index contributed by atoms with van der Waals surface area (Å²) in [7, 11) is 0. The minimum absolute atomic E-state index is 0.0493. The van der Waals surface area contributed by atoms with E-state index in [1.54, 1.807) is 6.20 Å². The highest BCUT2D eigenvalue weighted by atomic mass is 16.4. The van der Waals surface area contributed by atoms with E-state index < -0.39 is 5.97 Å². The van der Waals surface area contributed by atoms with Gasteiger partial charge in [-0.25, -0.2) is 0 Å². The van der Waals surface area contributed by atoms with Crippen LogP contribution in [0.3, 0.4) is 0 Å². The summed E-state index contributed by atoms with van der Waals surface area (Å²) < 4.78 is 1.90. The first-order valence-corrected chi connectivity index (χ1v) is 8.00. The summed E-state index contributed by atoms with van der Waals surface area (Å²) in [5, 5.41) is 16.3. The second-order valence-electron chi connectivity index (χ2n) is 6.45. The number of nitrogens with zero attached hydrogens (tertiary/aromatic N) is 2. The van der Waals surface area contributed by atoms with Crippen LogP contribution in [0.25, 0.3) is 0 Å². The number of aliphatic carboxylic acids is 1. The third-order valence-electron chi connectivity index (χ3n) is 4.18. The average Bonchev–Trinajstić information content (AvgIpc) is 3.04. The molecule has 1 saturated carbocycles. The summed E-state index contributed by atoms with van der Waals surface area (Å²) in [6.45, 7) is 7.04. The van der Waals surface area contributed by atoms with Crippen molar-refractivity contribution in [2.24, 2.45) is 11.8 Å². The second kappa shape index (κ2) is 6.94. The van der Waals surface area contributed by atoms with Crippen LogP contribution in [-0.4, -0.2) is 32.8 Å². The van der Waals surface area contributed by atoms with Crippen LogP contribution in [0, 0.1) is 11.8 Å². The van der Waals surface area contributed by atoms with Gasteiger partial charge in [-0.15, -0.1) is 0 Å². The number of hydrogen-bond acceptors (Lipinski definition) is 3. The van der Waals surface area contributed by atoms with E-state index in [1.165, 1.54) is 0 Å². The highest BCUT2D eigenvalue weighted by molar-refractivity contribution is 5.95. The van der Waals surface area contributed by atoms with E-state index in [2.05, 4.69) is 24.3 Å². The molecule has 122 valence electrons. The molecule has 0 spiro atoms. The Hall–Kier alpha value is -1.85. The normalized spacial score (nSPS) is 21.3. The van der Waals surface area contributed by atoms with Crippen molar-refractivity contribution in [3.63, 3.8) is 0 Å². The van der Waals surface area contributed by atoms with Gasteiger partial charge in [-0.05, 0) is 31.6 Å². The number of nitrogens with one attached hydrogen (secondary N) is 1. The minimum atomic E-state index is -0.768. The van der Waals surface area contributed by atoms with Gasteiger partial charge < -0.3 is 10.4 Å². The zero-order chi connectivity index (χ0) is 16.3. The fraction of sp³-hybridized carbons (Fsp3) is 0.688. The first kappa shape index (κ1) is 16.5. The highest BCUT2D eigenvalue weighted by Gasteiger charge is 2.31. The third-order valence-corrected chi connectivity index (χ3v) is 4.18. The Morgan fingerprint density at radius 1 is 1.45 bits per heavy atom. The summed E-state index contributed by atoms with van der Waals surface area (Å²) in [6, 6.07) is -0.0493. The van der Waals surface area contributed by atoms with Gasteiger partial charge in [0.15, 0.2) is 0 Å². The number of carboxylic acids is 1. The van der Waals surface area contributed by atoms with Crippen LogP contribution in [-0.2, 0) is 17.8 Å². The lowest BCUT2D eigenvalue weighted by molar-refractivity contribution is -0.141. The minimum Gasteiger partial charge on any atom is -0.481 e. The second-order valence-corrected chi connectivity index (χ2v) is 6.45. The number of amides is 1. The number of carbonyl (C=O) groups is 2. The Labute approximate surface area is 130 Å². The van der Waals surface area contributed by atoms with Crippen LogP contribution in [0.4, 0.5) is 0 Å². The lowest BCUT2D eigenvalue weighted by Gasteiger charge is -2.13. The fourth-order valence-electron chi connectivity index (χ4n) is 3.08. The zero-order valence-electron chi connectivity index (χ0n) is 13.5. The van der Waals surface area contributed by atoms with Gasteiger partial charge in [0.2, 0.25) is 0 Å². The van der Waals surface area contributed by atoms with Crippen LogP contribution >= 0.6 is 0 Å². The summed E-state index contributed by atoms with van der Waals surface area (Å²) in [5.41, 5.74) is 1.56. The quantitative estimate of drug-likeness (QED) is 0.843. The molecule has 0 unspecified atom stereocenters. The largest absolute Gasteiger partial charge is 0.481 e. The molecule has 1 aromatic heterocycles. The molecule has 1 aromatic rings. The molecule has 2 N–H and O–H groups in total. The molecule has 0 aromatic carbocycles. The van der Waals surface area contributed by atoms with Gasteiger partial charge in [0.1, 0.15) is 0 Å². The summed E-state index contributed by atoms with van der Waals surface area (Å²) in [4.78, 5) is 23.4. The molecule has 2 atom stereocenters. The Bertz CT molecular complexity index is 551.